The Hall–Kier alpha value is -3.78. The third-order valence-electron chi connectivity index (χ3n) is 5.05. The topological polar surface area (TPSA) is 90.1 Å². The first kappa shape index (κ1) is 18.3. The average Bonchev–Trinajstić information content (AvgIpc) is 3.41. The fraction of sp³-hybridized carbons (Fsp3) is 0.182. The van der Waals surface area contributed by atoms with Gasteiger partial charge in [-0.25, -0.2) is 4.98 Å². The molecule has 0 atom stereocenters. The van der Waals surface area contributed by atoms with Crippen LogP contribution in [-0.4, -0.2) is 33.4 Å². The quantitative estimate of drug-likeness (QED) is 0.510. The predicted octanol–water partition coefficient (Wildman–Crippen LogP) is 3.24. The van der Waals surface area contributed by atoms with Crippen molar-refractivity contribution in [2.24, 2.45) is 0 Å². The molecule has 0 saturated carbocycles. The molecule has 0 amide bonds. The Labute approximate surface area is 172 Å². The second kappa shape index (κ2) is 7.57. The molecule has 0 radical (unpaired) electrons. The Morgan fingerprint density at radius 1 is 1.17 bits per heavy atom. The molecule has 30 heavy (non-hydrogen) atoms. The molecule has 152 valence electrons. The second-order valence-electron chi connectivity index (χ2n) is 6.84. The number of aliphatic hydroxyl groups excluding tert-OH is 1. The van der Waals surface area contributed by atoms with Crippen LogP contribution in [0.2, 0.25) is 0 Å². The molecule has 8 nitrogen and oxygen atoms in total. The van der Waals surface area contributed by atoms with Gasteiger partial charge in [0.15, 0.2) is 17.1 Å². The van der Waals surface area contributed by atoms with Crippen LogP contribution in [0, 0.1) is 0 Å². The van der Waals surface area contributed by atoms with E-state index in [-0.39, 0.29) is 13.4 Å². The Bertz CT molecular complexity index is 1220. The first-order valence-corrected chi connectivity index (χ1v) is 9.49. The predicted molar refractivity (Wildman–Crippen MR) is 111 cm³/mol. The van der Waals surface area contributed by atoms with Gasteiger partial charge in [0, 0.05) is 30.1 Å². The highest BCUT2D eigenvalue weighted by Gasteiger charge is 2.17. The van der Waals surface area contributed by atoms with Crippen molar-refractivity contribution in [3.8, 4) is 28.5 Å². The van der Waals surface area contributed by atoms with Crippen LogP contribution in [0.15, 0.2) is 55.0 Å². The van der Waals surface area contributed by atoms with E-state index in [2.05, 4.69) is 10.3 Å². The van der Waals surface area contributed by atoms with Gasteiger partial charge in [0.1, 0.15) is 17.3 Å². The van der Waals surface area contributed by atoms with Crippen molar-refractivity contribution >= 4 is 11.5 Å². The molecule has 0 fully saturated rings. The first-order chi connectivity index (χ1) is 14.8. The van der Waals surface area contributed by atoms with Crippen LogP contribution < -0.4 is 19.5 Å². The summed E-state index contributed by atoms with van der Waals surface area (Å²) in [6, 6.07) is 11.5. The van der Waals surface area contributed by atoms with Gasteiger partial charge in [-0.05, 0) is 35.9 Å². The molecule has 0 saturated heterocycles. The van der Waals surface area contributed by atoms with Crippen molar-refractivity contribution in [2.45, 2.75) is 13.2 Å². The van der Waals surface area contributed by atoms with Gasteiger partial charge in [-0.15, -0.1) is 0 Å². The van der Waals surface area contributed by atoms with E-state index >= 15 is 0 Å². The first-order valence-electron chi connectivity index (χ1n) is 9.49. The monoisotopic (exact) mass is 404 g/mol. The molecule has 0 spiro atoms. The molecule has 1 aliphatic heterocycles. The number of fused-ring (bicyclic) bond motifs is 2. The second-order valence-corrected chi connectivity index (χ2v) is 6.84. The molecule has 3 heterocycles. The summed E-state index contributed by atoms with van der Waals surface area (Å²) < 4.78 is 18.1. The van der Waals surface area contributed by atoms with Crippen LogP contribution in [0.4, 0.5) is 5.82 Å². The molecule has 0 unspecified atom stereocenters. The number of aromatic nitrogens is 3. The molecule has 1 aliphatic rings. The smallest absolute Gasteiger partial charge is 0.231 e. The molecule has 5 rings (SSSR count). The van der Waals surface area contributed by atoms with Gasteiger partial charge >= 0.3 is 0 Å². The van der Waals surface area contributed by atoms with Crippen molar-refractivity contribution in [3.63, 3.8) is 0 Å². The van der Waals surface area contributed by atoms with Gasteiger partial charge in [-0.1, -0.05) is 6.07 Å². The molecular formula is C22H20N4O4. The summed E-state index contributed by atoms with van der Waals surface area (Å²) in [6.45, 7) is 0.704. The Balaban J connectivity index is 1.53. The Morgan fingerprint density at radius 3 is 2.93 bits per heavy atom. The van der Waals surface area contributed by atoms with E-state index in [1.54, 1.807) is 19.5 Å². The zero-order valence-corrected chi connectivity index (χ0v) is 16.3. The van der Waals surface area contributed by atoms with Gasteiger partial charge < -0.3 is 24.6 Å². The number of benzene rings is 2. The van der Waals surface area contributed by atoms with E-state index in [1.165, 1.54) is 0 Å². The van der Waals surface area contributed by atoms with E-state index < -0.39 is 0 Å². The van der Waals surface area contributed by atoms with E-state index in [0.29, 0.717) is 17.9 Å². The zero-order valence-electron chi connectivity index (χ0n) is 16.3. The normalized spacial score (nSPS) is 12.3. The van der Waals surface area contributed by atoms with Gasteiger partial charge in [0.2, 0.25) is 6.79 Å². The molecule has 0 aliphatic carbocycles. The van der Waals surface area contributed by atoms with Crippen LogP contribution in [0.5, 0.6) is 17.2 Å². The summed E-state index contributed by atoms with van der Waals surface area (Å²) in [5, 5.41) is 13.2. The van der Waals surface area contributed by atoms with Crippen molar-refractivity contribution < 1.29 is 19.3 Å². The molecule has 8 heteroatoms. The summed E-state index contributed by atoms with van der Waals surface area (Å²) in [4.78, 5) is 8.93. The number of nitrogens with zero attached hydrogens (tertiary/aromatic N) is 3. The van der Waals surface area contributed by atoms with E-state index in [1.807, 2.05) is 47.0 Å². The minimum atomic E-state index is -0.119. The van der Waals surface area contributed by atoms with Gasteiger partial charge in [0.05, 0.1) is 19.9 Å². The molecule has 2 N–H and O–H groups in total. The number of rotatable bonds is 6. The molecule has 4 aromatic rings. The van der Waals surface area contributed by atoms with Crippen molar-refractivity contribution in [1.29, 1.82) is 0 Å². The number of methoxy groups -OCH3 is 1. The molecule has 0 bridgehead atoms. The standard InChI is InChI=1S/C22H20N4O4/c1-28-17-5-3-15(9-16(17)12-27)21-22(26-7-6-23-11-20(26)25-21)24-10-14-2-4-18-19(8-14)30-13-29-18/h2-9,11,24,27H,10,12-13H2,1H3. The van der Waals surface area contributed by atoms with Crippen LogP contribution in [0.3, 0.4) is 0 Å². The number of hydrogen-bond donors (Lipinski definition) is 2. The number of imidazole rings is 1. The Morgan fingerprint density at radius 2 is 2.07 bits per heavy atom. The third-order valence-corrected chi connectivity index (χ3v) is 5.05. The maximum atomic E-state index is 9.71. The minimum Gasteiger partial charge on any atom is -0.496 e. The lowest BCUT2D eigenvalue weighted by atomic mass is 10.1. The maximum absolute atomic E-state index is 9.71. The largest absolute Gasteiger partial charge is 0.496 e. The lowest BCUT2D eigenvalue weighted by Crippen LogP contribution is -2.04. The minimum absolute atomic E-state index is 0.119. The van der Waals surface area contributed by atoms with Gasteiger partial charge in [0.25, 0.3) is 0 Å². The average molecular weight is 404 g/mol. The van der Waals surface area contributed by atoms with Crippen LogP contribution in [0.25, 0.3) is 16.9 Å². The van der Waals surface area contributed by atoms with E-state index in [4.69, 9.17) is 19.2 Å². The van der Waals surface area contributed by atoms with Crippen molar-refractivity contribution in [1.82, 2.24) is 14.4 Å². The van der Waals surface area contributed by atoms with Crippen molar-refractivity contribution in [2.75, 3.05) is 19.2 Å². The van der Waals surface area contributed by atoms with Crippen LogP contribution >= 0.6 is 0 Å². The van der Waals surface area contributed by atoms with Gasteiger partial charge in [-0.2, -0.15) is 0 Å². The summed E-state index contributed by atoms with van der Waals surface area (Å²) in [5.74, 6) is 2.98. The highest BCUT2D eigenvalue weighted by molar-refractivity contribution is 5.77. The van der Waals surface area contributed by atoms with E-state index in [9.17, 15) is 5.11 Å². The van der Waals surface area contributed by atoms with Gasteiger partial charge in [-0.3, -0.25) is 9.38 Å². The Kier molecular flexibility index (Phi) is 4.61. The SMILES string of the molecule is COc1ccc(-c2nc3cnccn3c2NCc2ccc3c(c2)OCO3)cc1CO. The summed E-state index contributed by atoms with van der Waals surface area (Å²) in [6.07, 6.45) is 5.30. The summed E-state index contributed by atoms with van der Waals surface area (Å²) >= 11 is 0. The lowest BCUT2D eigenvalue weighted by Gasteiger charge is -2.11. The number of anilines is 1. The summed E-state index contributed by atoms with van der Waals surface area (Å²) in [7, 11) is 1.59. The number of aliphatic hydroxyl groups is 1. The fourth-order valence-electron chi connectivity index (χ4n) is 3.56. The molecule has 2 aromatic carbocycles. The summed E-state index contributed by atoms with van der Waals surface area (Å²) in [5.41, 5.74) is 4.12. The highest BCUT2D eigenvalue weighted by Crippen LogP contribution is 2.34. The van der Waals surface area contributed by atoms with E-state index in [0.717, 1.165) is 39.8 Å². The van der Waals surface area contributed by atoms with Crippen molar-refractivity contribution in [3.05, 3.63) is 66.1 Å². The van der Waals surface area contributed by atoms with Crippen LogP contribution in [-0.2, 0) is 13.2 Å². The fourth-order valence-corrected chi connectivity index (χ4v) is 3.56. The number of ether oxygens (including phenoxy) is 3. The maximum Gasteiger partial charge on any atom is 0.231 e. The molecular weight excluding hydrogens is 384 g/mol. The highest BCUT2D eigenvalue weighted by atomic mass is 16.7. The third kappa shape index (κ3) is 3.17. The number of nitrogens with one attached hydrogen (secondary N) is 1. The van der Waals surface area contributed by atoms with Crippen LogP contribution in [0.1, 0.15) is 11.1 Å². The number of hydrogen-bond acceptors (Lipinski definition) is 7. The zero-order chi connectivity index (χ0) is 20.5. The lowest BCUT2D eigenvalue weighted by molar-refractivity contribution is 0.174. The molecule has 2 aromatic heterocycles.